The molecule has 0 saturated heterocycles. The summed E-state index contributed by atoms with van der Waals surface area (Å²) in [6, 6.07) is 18.6. The normalized spacial score (nSPS) is 11.4. The van der Waals surface area contributed by atoms with Crippen LogP contribution in [-0.2, 0) is 0 Å². The Morgan fingerprint density at radius 3 is 2.36 bits per heavy atom. The van der Waals surface area contributed by atoms with E-state index in [-0.39, 0.29) is 11.9 Å². The van der Waals surface area contributed by atoms with Gasteiger partial charge in [-0.15, -0.1) is 4.37 Å². The second-order valence-electron chi connectivity index (χ2n) is 4.41. The van der Waals surface area contributed by atoms with Crippen LogP contribution in [0.1, 0.15) is 10.4 Å². The van der Waals surface area contributed by atoms with Crippen LogP contribution >= 0.6 is 11.5 Å². The summed E-state index contributed by atoms with van der Waals surface area (Å²) in [6.45, 7) is 0. The molecule has 1 aromatic heterocycles. The van der Waals surface area contributed by atoms with E-state index in [1.54, 1.807) is 12.1 Å². The fraction of sp³-hybridized carbons (Fsp3) is 0.0625. The standard InChI is InChI=1S/C16H13N3O2S/c1-21-15-18-22-16(17-13-10-6-3-7-11-13)19(15)14(20)12-8-4-2-5-9-12/h2-11H,1H3. The molecule has 5 nitrogen and oxygen atoms in total. The van der Waals surface area contributed by atoms with Crippen LogP contribution in [0.2, 0.25) is 0 Å². The first kappa shape index (κ1) is 14.2. The van der Waals surface area contributed by atoms with Crippen LogP contribution in [-0.4, -0.2) is 22.0 Å². The van der Waals surface area contributed by atoms with Crippen molar-refractivity contribution in [1.29, 1.82) is 0 Å². The lowest BCUT2D eigenvalue weighted by Crippen LogP contribution is -2.24. The third-order valence-electron chi connectivity index (χ3n) is 2.98. The first-order chi connectivity index (χ1) is 10.8. The summed E-state index contributed by atoms with van der Waals surface area (Å²) in [5, 5.41) is 0. The zero-order valence-corrected chi connectivity index (χ0v) is 12.7. The van der Waals surface area contributed by atoms with E-state index < -0.39 is 0 Å². The van der Waals surface area contributed by atoms with Gasteiger partial charge in [0.25, 0.3) is 5.91 Å². The molecule has 22 heavy (non-hydrogen) atoms. The van der Waals surface area contributed by atoms with Crippen molar-refractivity contribution in [1.82, 2.24) is 8.94 Å². The molecule has 3 aromatic rings. The zero-order valence-electron chi connectivity index (χ0n) is 11.8. The summed E-state index contributed by atoms with van der Waals surface area (Å²) in [6.07, 6.45) is 0. The molecule has 1 heterocycles. The van der Waals surface area contributed by atoms with Gasteiger partial charge >= 0.3 is 6.01 Å². The van der Waals surface area contributed by atoms with Crippen LogP contribution in [0.25, 0.3) is 0 Å². The Balaban J connectivity index is 2.13. The maximum absolute atomic E-state index is 12.7. The molecule has 0 aliphatic rings. The first-order valence-electron chi connectivity index (χ1n) is 6.62. The lowest BCUT2D eigenvalue weighted by atomic mass is 10.2. The van der Waals surface area contributed by atoms with E-state index in [9.17, 15) is 4.79 Å². The summed E-state index contributed by atoms with van der Waals surface area (Å²) in [7, 11) is 1.48. The summed E-state index contributed by atoms with van der Waals surface area (Å²) >= 11 is 1.12. The molecule has 0 fully saturated rings. The zero-order chi connectivity index (χ0) is 15.4. The minimum atomic E-state index is -0.221. The molecule has 0 aliphatic carbocycles. The van der Waals surface area contributed by atoms with Crippen molar-refractivity contribution < 1.29 is 9.53 Å². The summed E-state index contributed by atoms with van der Waals surface area (Å²) in [5.74, 6) is -0.221. The Labute approximate surface area is 131 Å². The van der Waals surface area contributed by atoms with Gasteiger partial charge in [0.15, 0.2) is 0 Å². The Morgan fingerprint density at radius 2 is 1.73 bits per heavy atom. The molecule has 0 aliphatic heterocycles. The molecule has 0 radical (unpaired) electrons. The van der Waals surface area contributed by atoms with Gasteiger partial charge < -0.3 is 4.74 Å². The molecule has 0 N–H and O–H groups in total. The number of hydrogen-bond donors (Lipinski definition) is 0. The van der Waals surface area contributed by atoms with Crippen LogP contribution < -0.4 is 9.54 Å². The Kier molecular flexibility index (Phi) is 4.11. The van der Waals surface area contributed by atoms with E-state index in [4.69, 9.17) is 4.74 Å². The van der Waals surface area contributed by atoms with Gasteiger partial charge in [0, 0.05) is 17.1 Å². The van der Waals surface area contributed by atoms with Crippen molar-refractivity contribution in [3.63, 3.8) is 0 Å². The van der Waals surface area contributed by atoms with E-state index >= 15 is 0 Å². The van der Waals surface area contributed by atoms with Crippen molar-refractivity contribution in [2.75, 3.05) is 7.11 Å². The van der Waals surface area contributed by atoms with Crippen LogP contribution in [0.5, 0.6) is 6.01 Å². The Hall–Kier alpha value is -2.73. The highest BCUT2D eigenvalue weighted by molar-refractivity contribution is 7.03. The van der Waals surface area contributed by atoms with Crippen molar-refractivity contribution in [2.45, 2.75) is 0 Å². The molecule has 0 atom stereocenters. The van der Waals surface area contributed by atoms with Gasteiger partial charge in [0.1, 0.15) is 0 Å². The second kappa shape index (κ2) is 6.36. The molecular weight excluding hydrogens is 298 g/mol. The number of aromatic nitrogens is 2. The molecule has 0 unspecified atom stereocenters. The molecule has 0 spiro atoms. The predicted octanol–water partition coefficient (Wildman–Crippen LogP) is 2.87. The van der Waals surface area contributed by atoms with Gasteiger partial charge in [-0.2, -0.15) is 0 Å². The third-order valence-corrected chi connectivity index (χ3v) is 3.66. The lowest BCUT2D eigenvalue weighted by Gasteiger charge is -2.04. The van der Waals surface area contributed by atoms with Crippen LogP contribution in [0, 0.1) is 0 Å². The van der Waals surface area contributed by atoms with Gasteiger partial charge in [-0.05, 0) is 24.3 Å². The number of methoxy groups -OCH3 is 1. The van der Waals surface area contributed by atoms with E-state index in [2.05, 4.69) is 9.37 Å². The van der Waals surface area contributed by atoms with Crippen molar-refractivity contribution >= 4 is 23.1 Å². The number of benzene rings is 2. The van der Waals surface area contributed by atoms with Crippen LogP contribution in [0.15, 0.2) is 65.7 Å². The fourth-order valence-corrected chi connectivity index (χ4v) is 2.64. The molecule has 6 heteroatoms. The van der Waals surface area contributed by atoms with Gasteiger partial charge in [-0.3, -0.25) is 4.79 Å². The third kappa shape index (κ3) is 2.82. The largest absolute Gasteiger partial charge is 0.467 e. The molecule has 3 rings (SSSR count). The van der Waals surface area contributed by atoms with Crippen LogP contribution in [0.4, 0.5) is 5.69 Å². The second-order valence-corrected chi connectivity index (χ2v) is 5.14. The average Bonchev–Trinajstić information content (AvgIpc) is 2.98. The van der Waals surface area contributed by atoms with Gasteiger partial charge in [-0.1, -0.05) is 36.4 Å². The number of rotatable bonds is 3. The van der Waals surface area contributed by atoms with Gasteiger partial charge in [-0.25, -0.2) is 9.56 Å². The number of nitrogens with zero attached hydrogens (tertiary/aromatic N) is 3. The highest BCUT2D eigenvalue weighted by Crippen LogP contribution is 2.13. The summed E-state index contributed by atoms with van der Waals surface area (Å²) < 4.78 is 10.7. The SMILES string of the molecule is COc1nsc(=Nc2ccccc2)n1C(=O)c1ccccc1. The Bertz CT molecular complexity index is 839. The maximum Gasteiger partial charge on any atom is 0.316 e. The highest BCUT2D eigenvalue weighted by atomic mass is 32.1. The Morgan fingerprint density at radius 1 is 1.09 bits per heavy atom. The molecule has 0 amide bonds. The quantitative estimate of drug-likeness (QED) is 0.747. The monoisotopic (exact) mass is 311 g/mol. The number of ether oxygens (including phenoxy) is 1. The number of carbonyl (C=O) groups excluding carboxylic acids is 1. The summed E-state index contributed by atoms with van der Waals surface area (Å²) in [5.41, 5.74) is 1.30. The highest BCUT2D eigenvalue weighted by Gasteiger charge is 2.17. The molecule has 110 valence electrons. The van der Waals surface area contributed by atoms with E-state index in [1.165, 1.54) is 11.7 Å². The van der Waals surface area contributed by atoms with E-state index in [0.29, 0.717) is 10.4 Å². The molecule has 2 aromatic carbocycles. The van der Waals surface area contributed by atoms with E-state index in [1.807, 2.05) is 48.5 Å². The van der Waals surface area contributed by atoms with E-state index in [0.717, 1.165) is 17.2 Å². The van der Waals surface area contributed by atoms with Gasteiger partial charge in [0.2, 0.25) is 4.80 Å². The van der Waals surface area contributed by atoms with Gasteiger partial charge in [0.05, 0.1) is 12.8 Å². The maximum atomic E-state index is 12.7. The lowest BCUT2D eigenvalue weighted by molar-refractivity contribution is 0.0945. The number of carbonyl (C=O) groups is 1. The minimum Gasteiger partial charge on any atom is -0.467 e. The van der Waals surface area contributed by atoms with Crippen LogP contribution in [0.3, 0.4) is 0 Å². The topological polar surface area (TPSA) is 56.5 Å². The first-order valence-corrected chi connectivity index (χ1v) is 7.39. The smallest absolute Gasteiger partial charge is 0.316 e. The van der Waals surface area contributed by atoms with Crippen molar-refractivity contribution in [3.05, 3.63) is 71.0 Å². The summed E-state index contributed by atoms with van der Waals surface area (Å²) in [4.78, 5) is 17.6. The fourth-order valence-electron chi connectivity index (χ4n) is 1.94. The molecule has 0 saturated carbocycles. The predicted molar refractivity (Wildman–Crippen MR) is 84.5 cm³/mol. The number of para-hydroxylation sites is 1. The average molecular weight is 311 g/mol. The van der Waals surface area contributed by atoms with Crippen molar-refractivity contribution in [3.8, 4) is 6.01 Å². The minimum absolute atomic E-state index is 0.221. The molecular formula is C16H13N3O2S. The van der Waals surface area contributed by atoms with Crippen molar-refractivity contribution in [2.24, 2.45) is 4.99 Å². The molecule has 0 bridgehead atoms. The number of hydrogen-bond acceptors (Lipinski definition) is 5.